The van der Waals surface area contributed by atoms with E-state index in [0.717, 1.165) is 24.3 Å². The predicted molar refractivity (Wildman–Crippen MR) is 88.1 cm³/mol. The van der Waals surface area contributed by atoms with E-state index < -0.39 is 0 Å². The van der Waals surface area contributed by atoms with Crippen LogP contribution in [0.5, 0.6) is 0 Å². The van der Waals surface area contributed by atoms with Crippen molar-refractivity contribution >= 4 is 0 Å². The lowest BCUT2D eigenvalue weighted by Crippen LogP contribution is -2.36. The number of fused-ring (bicyclic) bond motifs is 1. The number of nitrogens with zero attached hydrogens (tertiary/aromatic N) is 1. The quantitative estimate of drug-likeness (QED) is 0.906. The molecule has 116 valence electrons. The SMILES string of the molecule is CC(C)C1CCC(CN)C(C2CCCc3cccnc32)C1. The summed E-state index contributed by atoms with van der Waals surface area (Å²) in [6.45, 7) is 5.63. The van der Waals surface area contributed by atoms with Gasteiger partial charge in [-0.1, -0.05) is 19.9 Å². The first-order valence-electron chi connectivity index (χ1n) is 8.84. The molecular weight excluding hydrogens is 256 g/mol. The number of rotatable bonds is 3. The molecule has 0 spiro atoms. The van der Waals surface area contributed by atoms with Crippen LogP contribution in [0.3, 0.4) is 0 Å². The van der Waals surface area contributed by atoms with Gasteiger partial charge in [-0.05, 0) is 80.4 Å². The Kier molecular flexibility index (Phi) is 4.63. The van der Waals surface area contributed by atoms with Crippen molar-refractivity contribution in [2.75, 3.05) is 6.54 Å². The minimum atomic E-state index is 0.657. The van der Waals surface area contributed by atoms with Crippen LogP contribution in [0.4, 0.5) is 0 Å². The Morgan fingerprint density at radius 1 is 1.29 bits per heavy atom. The normalized spacial score (nSPS) is 33.0. The molecule has 0 amide bonds. The van der Waals surface area contributed by atoms with E-state index in [1.807, 2.05) is 6.20 Å². The largest absolute Gasteiger partial charge is 0.330 e. The van der Waals surface area contributed by atoms with Crippen LogP contribution in [0.1, 0.15) is 63.1 Å². The summed E-state index contributed by atoms with van der Waals surface area (Å²) in [5.41, 5.74) is 9.02. The highest BCUT2D eigenvalue weighted by atomic mass is 14.7. The van der Waals surface area contributed by atoms with E-state index in [-0.39, 0.29) is 0 Å². The van der Waals surface area contributed by atoms with E-state index in [9.17, 15) is 0 Å². The zero-order valence-electron chi connectivity index (χ0n) is 13.6. The van der Waals surface area contributed by atoms with Gasteiger partial charge in [0.1, 0.15) is 0 Å². The molecule has 4 atom stereocenters. The second kappa shape index (κ2) is 6.48. The summed E-state index contributed by atoms with van der Waals surface area (Å²) in [6, 6.07) is 4.38. The molecular formula is C19H30N2. The summed E-state index contributed by atoms with van der Waals surface area (Å²) in [5, 5.41) is 0. The number of pyridine rings is 1. The van der Waals surface area contributed by atoms with Crippen LogP contribution in [0.2, 0.25) is 0 Å². The Morgan fingerprint density at radius 2 is 2.14 bits per heavy atom. The molecule has 0 saturated heterocycles. The molecule has 2 nitrogen and oxygen atoms in total. The maximum absolute atomic E-state index is 6.12. The third kappa shape index (κ3) is 3.01. The van der Waals surface area contributed by atoms with Crippen LogP contribution >= 0.6 is 0 Å². The highest BCUT2D eigenvalue weighted by Gasteiger charge is 2.38. The summed E-state index contributed by atoms with van der Waals surface area (Å²) < 4.78 is 0. The van der Waals surface area contributed by atoms with Gasteiger partial charge in [0.05, 0.1) is 0 Å². The molecule has 2 heteroatoms. The topological polar surface area (TPSA) is 38.9 Å². The molecule has 1 saturated carbocycles. The Hall–Kier alpha value is -0.890. The molecule has 0 radical (unpaired) electrons. The van der Waals surface area contributed by atoms with Crippen LogP contribution in [-0.4, -0.2) is 11.5 Å². The molecule has 1 aromatic heterocycles. The third-order valence-corrected chi connectivity index (χ3v) is 6.09. The highest BCUT2D eigenvalue weighted by Crippen LogP contribution is 2.47. The van der Waals surface area contributed by atoms with Gasteiger partial charge in [-0.25, -0.2) is 0 Å². The second-order valence-corrected chi connectivity index (χ2v) is 7.52. The molecule has 1 heterocycles. The van der Waals surface area contributed by atoms with Crippen LogP contribution in [0.15, 0.2) is 18.3 Å². The average Bonchev–Trinajstić information content (AvgIpc) is 2.53. The zero-order chi connectivity index (χ0) is 14.8. The monoisotopic (exact) mass is 286 g/mol. The van der Waals surface area contributed by atoms with Crippen LogP contribution in [0.25, 0.3) is 0 Å². The smallest absolute Gasteiger partial charge is 0.0469 e. The van der Waals surface area contributed by atoms with Gasteiger partial charge in [-0.15, -0.1) is 0 Å². The fourth-order valence-electron chi connectivity index (χ4n) is 4.76. The second-order valence-electron chi connectivity index (χ2n) is 7.52. The predicted octanol–water partition coefficient (Wildman–Crippen LogP) is 4.15. The first-order valence-corrected chi connectivity index (χ1v) is 8.84. The van der Waals surface area contributed by atoms with E-state index in [1.165, 1.54) is 49.8 Å². The molecule has 2 aliphatic rings. The Labute approximate surface area is 129 Å². The Balaban J connectivity index is 1.86. The molecule has 21 heavy (non-hydrogen) atoms. The molecule has 1 aromatic rings. The minimum absolute atomic E-state index is 0.657. The fraction of sp³-hybridized carbons (Fsp3) is 0.737. The van der Waals surface area contributed by atoms with Crippen molar-refractivity contribution < 1.29 is 0 Å². The number of aromatic nitrogens is 1. The zero-order valence-corrected chi connectivity index (χ0v) is 13.6. The summed E-state index contributed by atoms with van der Waals surface area (Å²) in [4.78, 5) is 4.77. The lowest BCUT2D eigenvalue weighted by molar-refractivity contribution is 0.121. The standard InChI is InChI=1S/C19H30N2/c1-13(2)15-8-9-16(12-20)18(11-15)17-7-3-5-14-6-4-10-21-19(14)17/h4,6,10,13,15-18H,3,5,7-9,11-12,20H2,1-2H3. The van der Waals surface area contributed by atoms with Crippen LogP contribution < -0.4 is 5.73 Å². The van der Waals surface area contributed by atoms with Gasteiger partial charge in [-0.2, -0.15) is 0 Å². The fourth-order valence-corrected chi connectivity index (χ4v) is 4.76. The average molecular weight is 286 g/mol. The highest BCUT2D eigenvalue weighted by molar-refractivity contribution is 5.27. The van der Waals surface area contributed by atoms with Crippen molar-refractivity contribution in [3.05, 3.63) is 29.6 Å². The van der Waals surface area contributed by atoms with Gasteiger partial charge in [0.2, 0.25) is 0 Å². The van der Waals surface area contributed by atoms with Gasteiger partial charge < -0.3 is 5.73 Å². The molecule has 3 rings (SSSR count). The minimum Gasteiger partial charge on any atom is -0.330 e. The van der Waals surface area contributed by atoms with Crippen molar-refractivity contribution in [2.45, 2.75) is 58.3 Å². The number of hydrogen-bond acceptors (Lipinski definition) is 2. The van der Waals surface area contributed by atoms with E-state index in [2.05, 4.69) is 26.0 Å². The molecule has 0 bridgehead atoms. The third-order valence-electron chi connectivity index (χ3n) is 6.09. The molecule has 2 N–H and O–H groups in total. The molecule has 2 aliphatic carbocycles. The van der Waals surface area contributed by atoms with Crippen molar-refractivity contribution in [2.24, 2.45) is 29.4 Å². The number of hydrogen-bond donors (Lipinski definition) is 1. The number of aryl methyl sites for hydroxylation is 1. The molecule has 4 unspecified atom stereocenters. The lowest BCUT2D eigenvalue weighted by Gasteiger charge is -2.43. The first kappa shape index (κ1) is 15.0. The summed E-state index contributed by atoms with van der Waals surface area (Å²) in [6.07, 6.45) is 9.89. The van der Waals surface area contributed by atoms with E-state index in [1.54, 1.807) is 0 Å². The summed E-state index contributed by atoms with van der Waals surface area (Å²) >= 11 is 0. The van der Waals surface area contributed by atoms with Crippen molar-refractivity contribution in [3.63, 3.8) is 0 Å². The summed E-state index contributed by atoms with van der Waals surface area (Å²) in [7, 11) is 0. The van der Waals surface area contributed by atoms with Gasteiger partial charge in [-0.3, -0.25) is 4.98 Å². The van der Waals surface area contributed by atoms with E-state index in [4.69, 9.17) is 10.7 Å². The Morgan fingerprint density at radius 3 is 2.90 bits per heavy atom. The number of nitrogens with two attached hydrogens (primary N) is 1. The molecule has 1 fully saturated rings. The first-order chi connectivity index (χ1) is 10.2. The van der Waals surface area contributed by atoms with E-state index >= 15 is 0 Å². The van der Waals surface area contributed by atoms with Gasteiger partial charge in [0.25, 0.3) is 0 Å². The van der Waals surface area contributed by atoms with E-state index in [0.29, 0.717) is 11.8 Å². The Bertz CT molecular complexity index is 468. The molecule has 0 aromatic carbocycles. The van der Waals surface area contributed by atoms with Gasteiger partial charge >= 0.3 is 0 Å². The van der Waals surface area contributed by atoms with Crippen molar-refractivity contribution in [1.29, 1.82) is 0 Å². The van der Waals surface area contributed by atoms with Crippen molar-refractivity contribution in [1.82, 2.24) is 4.98 Å². The van der Waals surface area contributed by atoms with Gasteiger partial charge in [0, 0.05) is 17.8 Å². The van der Waals surface area contributed by atoms with Crippen LogP contribution in [0, 0.1) is 23.7 Å². The molecule has 0 aliphatic heterocycles. The maximum atomic E-state index is 6.12. The maximum Gasteiger partial charge on any atom is 0.0469 e. The summed E-state index contributed by atoms with van der Waals surface area (Å²) in [5.74, 6) is 3.80. The van der Waals surface area contributed by atoms with Crippen molar-refractivity contribution in [3.8, 4) is 0 Å². The van der Waals surface area contributed by atoms with Gasteiger partial charge in [0.15, 0.2) is 0 Å². The lowest BCUT2D eigenvalue weighted by atomic mass is 9.63. The van der Waals surface area contributed by atoms with Crippen LogP contribution in [-0.2, 0) is 6.42 Å².